The Hall–Kier alpha value is -3.45. The minimum Gasteiger partial charge on any atom is -0.494 e. The van der Waals surface area contributed by atoms with E-state index >= 15 is 0 Å². The second-order valence-corrected chi connectivity index (χ2v) is 10.2. The van der Waals surface area contributed by atoms with Gasteiger partial charge in [0.05, 0.1) is 24.0 Å². The Morgan fingerprint density at radius 1 is 1.00 bits per heavy atom. The van der Waals surface area contributed by atoms with Crippen LogP contribution in [0.1, 0.15) is 49.3 Å². The molecule has 0 spiro atoms. The van der Waals surface area contributed by atoms with Crippen molar-refractivity contribution in [3.8, 4) is 17.2 Å². The summed E-state index contributed by atoms with van der Waals surface area (Å²) < 4.78 is 17.8. The number of para-hydroxylation sites is 2. The molecular formula is C29H27BrN2O4. The molecule has 2 atom stereocenters. The highest BCUT2D eigenvalue weighted by Crippen LogP contribution is 2.47. The van der Waals surface area contributed by atoms with Crippen LogP contribution in [0.4, 0.5) is 11.4 Å². The van der Waals surface area contributed by atoms with Crippen LogP contribution in [0.15, 0.2) is 76.4 Å². The van der Waals surface area contributed by atoms with Gasteiger partial charge in [-0.25, -0.2) is 0 Å². The molecule has 0 amide bonds. The quantitative estimate of drug-likeness (QED) is 0.361. The van der Waals surface area contributed by atoms with E-state index in [-0.39, 0.29) is 24.5 Å². The van der Waals surface area contributed by atoms with Gasteiger partial charge in [0.15, 0.2) is 17.3 Å². The lowest BCUT2D eigenvalue weighted by atomic mass is 9.78. The highest BCUT2D eigenvalue weighted by Gasteiger charge is 2.37. The maximum absolute atomic E-state index is 13.8. The molecule has 0 saturated heterocycles. The van der Waals surface area contributed by atoms with E-state index in [1.165, 1.54) is 0 Å². The SMILES string of the molecule is CCCOc1ccc(C2CC(=O)C3=C(C2)Nc2ccccc2NC3c2cc3c(cc2Br)OCO3)cc1. The van der Waals surface area contributed by atoms with Gasteiger partial charge < -0.3 is 24.8 Å². The maximum Gasteiger partial charge on any atom is 0.231 e. The molecule has 6 rings (SSSR count). The molecule has 3 aliphatic rings. The lowest BCUT2D eigenvalue weighted by Crippen LogP contribution is -2.27. The fourth-order valence-electron chi connectivity index (χ4n) is 5.17. The number of anilines is 2. The Kier molecular flexibility index (Phi) is 6.09. The first-order valence-electron chi connectivity index (χ1n) is 12.3. The van der Waals surface area contributed by atoms with Crippen molar-refractivity contribution in [3.63, 3.8) is 0 Å². The van der Waals surface area contributed by atoms with Gasteiger partial charge in [0, 0.05) is 22.2 Å². The molecule has 2 unspecified atom stereocenters. The van der Waals surface area contributed by atoms with Gasteiger partial charge in [0.1, 0.15) is 5.75 Å². The largest absolute Gasteiger partial charge is 0.494 e. The third-order valence-electron chi connectivity index (χ3n) is 6.94. The highest BCUT2D eigenvalue weighted by atomic mass is 79.9. The van der Waals surface area contributed by atoms with E-state index in [0.717, 1.165) is 56.8 Å². The lowest BCUT2D eigenvalue weighted by Gasteiger charge is -2.30. The van der Waals surface area contributed by atoms with Crippen molar-refractivity contribution >= 4 is 33.1 Å². The van der Waals surface area contributed by atoms with Crippen molar-refractivity contribution in [2.45, 2.75) is 38.1 Å². The van der Waals surface area contributed by atoms with Crippen molar-refractivity contribution in [2.24, 2.45) is 0 Å². The molecule has 0 aromatic heterocycles. The number of hydrogen-bond acceptors (Lipinski definition) is 6. The second-order valence-electron chi connectivity index (χ2n) is 9.31. The topological polar surface area (TPSA) is 68.8 Å². The summed E-state index contributed by atoms with van der Waals surface area (Å²) in [6.45, 7) is 2.99. The van der Waals surface area contributed by atoms with Crippen molar-refractivity contribution in [2.75, 3.05) is 24.0 Å². The predicted octanol–water partition coefficient (Wildman–Crippen LogP) is 6.95. The molecule has 0 fully saturated rings. The second kappa shape index (κ2) is 9.54. The summed E-state index contributed by atoms with van der Waals surface area (Å²) >= 11 is 3.72. The summed E-state index contributed by atoms with van der Waals surface area (Å²) in [5.74, 6) is 2.48. The van der Waals surface area contributed by atoms with E-state index in [2.05, 4.69) is 45.6 Å². The van der Waals surface area contributed by atoms with Crippen LogP contribution in [0.2, 0.25) is 0 Å². The molecule has 0 bridgehead atoms. The zero-order chi connectivity index (χ0) is 24.6. The van der Waals surface area contributed by atoms with Gasteiger partial charge in [-0.1, -0.05) is 47.1 Å². The minimum absolute atomic E-state index is 0.0927. The zero-order valence-corrected chi connectivity index (χ0v) is 21.6. The number of hydrogen-bond donors (Lipinski definition) is 2. The Balaban J connectivity index is 1.39. The maximum atomic E-state index is 13.8. The molecule has 0 saturated carbocycles. The van der Waals surface area contributed by atoms with Crippen LogP contribution in [0.5, 0.6) is 17.2 Å². The Bertz CT molecular complexity index is 1350. The summed E-state index contributed by atoms with van der Waals surface area (Å²) in [5.41, 5.74) is 5.71. The van der Waals surface area contributed by atoms with E-state index in [4.69, 9.17) is 14.2 Å². The van der Waals surface area contributed by atoms with Crippen molar-refractivity contribution in [1.82, 2.24) is 0 Å². The van der Waals surface area contributed by atoms with Crippen LogP contribution in [-0.4, -0.2) is 19.2 Å². The van der Waals surface area contributed by atoms with Gasteiger partial charge in [0.2, 0.25) is 6.79 Å². The first-order valence-corrected chi connectivity index (χ1v) is 13.1. The molecule has 0 radical (unpaired) electrons. The Morgan fingerprint density at radius 3 is 2.53 bits per heavy atom. The number of ether oxygens (including phenoxy) is 3. The fraction of sp³-hybridized carbons (Fsp3) is 0.276. The van der Waals surface area contributed by atoms with Crippen LogP contribution in [0, 0.1) is 0 Å². The van der Waals surface area contributed by atoms with E-state index in [0.29, 0.717) is 24.5 Å². The van der Waals surface area contributed by atoms with Gasteiger partial charge in [-0.05, 0) is 66.3 Å². The van der Waals surface area contributed by atoms with Crippen LogP contribution >= 0.6 is 15.9 Å². The number of halogens is 1. The molecule has 3 aromatic carbocycles. The number of ketones is 1. The predicted molar refractivity (Wildman–Crippen MR) is 143 cm³/mol. The van der Waals surface area contributed by atoms with Gasteiger partial charge in [-0.3, -0.25) is 4.79 Å². The number of nitrogens with one attached hydrogen (secondary N) is 2. The van der Waals surface area contributed by atoms with Crippen LogP contribution in [0.25, 0.3) is 0 Å². The van der Waals surface area contributed by atoms with Crippen LogP contribution in [0.3, 0.4) is 0 Å². The molecule has 2 heterocycles. The average Bonchev–Trinajstić information content (AvgIpc) is 3.27. The van der Waals surface area contributed by atoms with Crippen molar-refractivity contribution in [3.05, 3.63) is 87.5 Å². The molecule has 7 heteroatoms. The highest BCUT2D eigenvalue weighted by molar-refractivity contribution is 9.10. The number of carbonyl (C=O) groups excluding carboxylic acids is 1. The zero-order valence-electron chi connectivity index (χ0n) is 20.0. The molecule has 184 valence electrons. The average molecular weight is 547 g/mol. The fourth-order valence-corrected chi connectivity index (χ4v) is 5.72. The summed E-state index contributed by atoms with van der Waals surface area (Å²) in [6, 6.07) is 19.8. The lowest BCUT2D eigenvalue weighted by molar-refractivity contribution is -0.116. The van der Waals surface area contributed by atoms with Gasteiger partial charge >= 0.3 is 0 Å². The first kappa shape index (κ1) is 23.0. The summed E-state index contributed by atoms with van der Waals surface area (Å²) in [7, 11) is 0. The molecule has 1 aliphatic carbocycles. The van der Waals surface area contributed by atoms with Crippen molar-refractivity contribution in [1.29, 1.82) is 0 Å². The molecule has 2 N–H and O–H groups in total. The first-order chi connectivity index (χ1) is 17.6. The summed E-state index contributed by atoms with van der Waals surface area (Å²) in [5, 5.41) is 7.24. The minimum atomic E-state index is -0.335. The number of Topliss-reactive ketones (excluding diaryl/α,β-unsaturated/α-hetero) is 1. The monoisotopic (exact) mass is 546 g/mol. The molecule has 2 aliphatic heterocycles. The number of benzene rings is 3. The summed E-state index contributed by atoms with van der Waals surface area (Å²) in [4.78, 5) is 13.8. The van der Waals surface area contributed by atoms with Crippen LogP contribution in [-0.2, 0) is 4.79 Å². The van der Waals surface area contributed by atoms with Crippen LogP contribution < -0.4 is 24.8 Å². The van der Waals surface area contributed by atoms with E-state index in [1.807, 2.05) is 48.5 Å². The smallest absolute Gasteiger partial charge is 0.231 e. The Morgan fingerprint density at radius 2 is 1.75 bits per heavy atom. The van der Waals surface area contributed by atoms with Gasteiger partial charge in [0.25, 0.3) is 0 Å². The molecular weight excluding hydrogens is 520 g/mol. The van der Waals surface area contributed by atoms with E-state index in [1.54, 1.807) is 0 Å². The summed E-state index contributed by atoms with van der Waals surface area (Å²) in [6.07, 6.45) is 2.16. The third kappa shape index (κ3) is 4.22. The number of carbonyl (C=O) groups is 1. The molecule has 3 aromatic rings. The number of rotatable bonds is 5. The third-order valence-corrected chi connectivity index (χ3v) is 7.62. The number of fused-ring (bicyclic) bond motifs is 2. The van der Waals surface area contributed by atoms with Crippen molar-refractivity contribution < 1.29 is 19.0 Å². The van der Waals surface area contributed by atoms with E-state index < -0.39 is 0 Å². The standard InChI is InChI=1S/C29H27BrN2O4/c1-2-11-34-19-9-7-17(8-10-19)18-12-24-28(25(33)13-18)29(32-23-6-4-3-5-22(23)31-24)20-14-26-27(15-21(20)30)36-16-35-26/h3-10,14-15,18,29,31-32H,2,11-13,16H2,1H3. The normalized spacial score (nSPS) is 20.1. The molecule has 36 heavy (non-hydrogen) atoms. The molecule has 6 nitrogen and oxygen atoms in total. The van der Waals surface area contributed by atoms with Gasteiger partial charge in [-0.15, -0.1) is 0 Å². The van der Waals surface area contributed by atoms with E-state index in [9.17, 15) is 4.79 Å². The number of allylic oxidation sites excluding steroid dienone is 1. The van der Waals surface area contributed by atoms with Gasteiger partial charge in [-0.2, -0.15) is 0 Å². The Labute approximate surface area is 218 Å².